The summed E-state index contributed by atoms with van der Waals surface area (Å²) >= 11 is 9.24. The normalized spacial score (nSPS) is 10.2. The minimum absolute atomic E-state index is 0.0450. The smallest absolute Gasteiger partial charge is 0.254 e. The van der Waals surface area contributed by atoms with E-state index >= 15 is 0 Å². The molecule has 0 heterocycles. The zero-order valence-electron chi connectivity index (χ0n) is 10.3. The van der Waals surface area contributed by atoms with Crippen LogP contribution in [-0.2, 0) is 0 Å². The molecule has 0 fully saturated rings. The van der Waals surface area contributed by atoms with E-state index < -0.39 is 0 Å². The minimum Gasteiger partial charge on any atom is -0.335 e. The Balaban J connectivity index is 2.98. The molecule has 0 saturated heterocycles. The zero-order valence-corrected chi connectivity index (χ0v) is 12.6. The van der Waals surface area contributed by atoms with E-state index in [1.165, 1.54) is 0 Å². The largest absolute Gasteiger partial charge is 0.335 e. The molecular formula is C13H14BrClN2O. The van der Waals surface area contributed by atoms with Crippen molar-refractivity contribution in [2.75, 3.05) is 6.54 Å². The minimum atomic E-state index is -0.108. The fourth-order valence-corrected chi connectivity index (χ4v) is 2.47. The second kappa shape index (κ2) is 6.77. The molecule has 1 rings (SSSR count). The van der Waals surface area contributed by atoms with Crippen molar-refractivity contribution in [2.24, 2.45) is 0 Å². The molecule has 0 atom stereocenters. The van der Waals surface area contributed by atoms with Crippen LogP contribution in [-0.4, -0.2) is 23.4 Å². The number of rotatable bonds is 4. The van der Waals surface area contributed by atoms with Crippen LogP contribution in [0.3, 0.4) is 0 Å². The molecule has 5 heteroatoms. The Morgan fingerprint density at radius 1 is 1.50 bits per heavy atom. The van der Waals surface area contributed by atoms with Crippen LogP contribution in [0.25, 0.3) is 0 Å². The lowest BCUT2D eigenvalue weighted by Gasteiger charge is -2.26. The number of benzene rings is 1. The Morgan fingerprint density at radius 3 is 2.67 bits per heavy atom. The van der Waals surface area contributed by atoms with Gasteiger partial charge in [0, 0.05) is 27.6 Å². The van der Waals surface area contributed by atoms with Crippen molar-refractivity contribution >= 4 is 33.4 Å². The van der Waals surface area contributed by atoms with Crippen molar-refractivity contribution in [3.05, 3.63) is 33.3 Å². The maximum atomic E-state index is 12.3. The third kappa shape index (κ3) is 4.01. The average molecular weight is 330 g/mol. The predicted molar refractivity (Wildman–Crippen MR) is 75.6 cm³/mol. The lowest BCUT2D eigenvalue weighted by molar-refractivity contribution is 0.0710. The van der Waals surface area contributed by atoms with Gasteiger partial charge >= 0.3 is 0 Å². The highest BCUT2D eigenvalue weighted by Crippen LogP contribution is 2.21. The van der Waals surface area contributed by atoms with E-state index in [2.05, 4.69) is 22.0 Å². The van der Waals surface area contributed by atoms with E-state index in [9.17, 15) is 4.79 Å². The molecule has 0 radical (unpaired) electrons. The highest BCUT2D eigenvalue weighted by molar-refractivity contribution is 9.10. The van der Waals surface area contributed by atoms with E-state index in [4.69, 9.17) is 16.9 Å². The van der Waals surface area contributed by atoms with E-state index in [0.29, 0.717) is 23.6 Å². The summed E-state index contributed by atoms with van der Waals surface area (Å²) in [5.74, 6) is -0.108. The molecule has 0 N–H and O–H groups in total. The molecule has 1 aromatic carbocycles. The molecule has 18 heavy (non-hydrogen) atoms. The van der Waals surface area contributed by atoms with E-state index in [1.54, 1.807) is 23.1 Å². The van der Waals surface area contributed by atoms with Gasteiger partial charge in [-0.05, 0) is 32.0 Å². The quantitative estimate of drug-likeness (QED) is 0.841. The van der Waals surface area contributed by atoms with Gasteiger partial charge in [-0.3, -0.25) is 4.79 Å². The number of carbonyl (C=O) groups excluding carboxylic acids is 1. The van der Waals surface area contributed by atoms with Gasteiger partial charge in [0.2, 0.25) is 0 Å². The molecule has 0 aliphatic rings. The fourth-order valence-electron chi connectivity index (χ4n) is 1.61. The summed E-state index contributed by atoms with van der Waals surface area (Å²) in [6.07, 6.45) is 0.325. The number of halogens is 2. The Hall–Kier alpha value is -1.05. The number of carbonyl (C=O) groups is 1. The van der Waals surface area contributed by atoms with E-state index in [0.717, 1.165) is 4.47 Å². The lowest BCUT2D eigenvalue weighted by Crippen LogP contribution is -2.37. The van der Waals surface area contributed by atoms with E-state index in [-0.39, 0.29) is 11.9 Å². The lowest BCUT2D eigenvalue weighted by atomic mass is 10.1. The monoisotopic (exact) mass is 328 g/mol. The van der Waals surface area contributed by atoms with Crippen molar-refractivity contribution in [3.63, 3.8) is 0 Å². The van der Waals surface area contributed by atoms with Crippen LogP contribution in [0, 0.1) is 11.3 Å². The van der Waals surface area contributed by atoms with E-state index in [1.807, 2.05) is 13.8 Å². The molecule has 0 aliphatic carbocycles. The first-order chi connectivity index (χ1) is 8.45. The molecule has 1 amide bonds. The molecule has 0 spiro atoms. The Kier molecular flexibility index (Phi) is 5.64. The summed E-state index contributed by atoms with van der Waals surface area (Å²) in [6, 6.07) is 7.19. The average Bonchev–Trinajstić information content (AvgIpc) is 2.27. The Morgan fingerprint density at radius 2 is 2.17 bits per heavy atom. The van der Waals surface area contributed by atoms with Crippen molar-refractivity contribution in [1.29, 1.82) is 5.26 Å². The number of amides is 1. The molecule has 0 unspecified atom stereocenters. The highest BCUT2D eigenvalue weighted by atomic mass is 79.9. The summed E-state index contributed by atoms with van der Waals surface area (Å²) in [7, 11) is 0. The Labute approximate surface area is 120 Å². The summed E-state index contributed by atoms with van der Waals surface area (Å²) < 4.78 is 0.766. The van der Waals surface area contributed by atoms with Crippen molar-refractivity contribution in [3.8, 4) is 6.07 Å². The maximum absolute atomic E-state index is 12.3. The van der Waals surface area contributed by atoms with Gasteiger partial charge in [0.25, 0.3) is 5.91 Å². The predicted octanol–water partition coefficient (Wildman–Crippen LogP) is 3.87. The summed E-state index contributed by atoms with van der Waals surface area (Å²) in [6.45, 7) is 4.28. The number of hydrogen-bond acceptors (Lipinski definition) is 2. The van der Waals surface area contributed by atoms with Gasteiger partial charge < -0.3 is 4.90 Å². The second-order valence-electron chi connectivity index (χ2n) is 4.16. The van der Waals surface area contributed by atoms with Gasteiger partial charge in [-0.2, -0.15) is 5.26 Å². The topological polar surface area (TPSA) is 44.1 Å². The molecule has 96 valence electrons. The van der Waals surface area contributed by atoms with Crippen LogP contribution >= 0.6 is 27.5 Å². The molecule has 0 bridgehead atoms. The molecule has 0 aromatic heterocycles. The van der Waals surface area contributed by atoms with Crippen LogP contribution in [0.15, 0.2) is 22.7 Å². The molecule has 0 aliphatic heterocycles. The number of hydrogen-bond donors (Lipinski definition) is 0. The molecule has 0 saturated carbocycles. The van der Waals surface area contributed by atoms with Crippen molar-refractivity contribution < 1.29 is 4.79 Å². The van der Waals surface area contributed by atoms with Gasteiger partial charge in [-0.25, -0.2) is 0 Å². The first-order valence-corrected chi connectivity index (χ1v) is 6.76. The van der Waals surface area contributed by atoms with Crippen molar-refractivity contribution in [1.82, 2.24) is 4.90 Å². The third-order valence-corrected chi connectivity index (χ3v) is 3.13. The third-order valence-electron chi connectivity index (χ3n) is 2.46. The van der Waals surface area contributed by atoms with Gasteiger partial charge in [0.1, 0.15) is 0 Å². The Bertz CT molecular complexity index is 462. The van der Waals surface area contributed by atoms with Crippen molar-refractivity contribution in [2.45, 2.75) is 26.3 Å². The summed E-state index contributed by atoms with van der Waals surface area (Å²) in [4.78, 5) is 14.0. The number of nitrogens with zero attached hydrogens (tertiary/aromatic N) is 2. The first kappa shape index (κ1) is 15.0. The van der Waals surface area contributed by atoms with Gasteiger partial charge in [-0.1, -0.05) is 27.5 Å². The summed E-state index contributed by atoms with van der Waals surface area (Å²) in [5.41, 5.74) is 0.529. The van der Waals surface area contributed by atoms with Crippen LogP contribution in [0.2, 0.25) is 5.02 Å². The highest BCUT2D eigenvalue weighted by Gasteiger charge is 2.19. The van der Waals surface area contributed by atoms with Gasteiger partial charge in [0.05, 0.1) is 12.5 Å². The summed E-state index contributed by atoms with van der Waals surface area (Å²) in [5, 5.41) is 9.13. The maximum Gasteiger partial charge on any atom is 0.254 e. The SMILES string of the molecule is CC(C)N(CCC#N)C(=O)c1cc(Cl)cc(Br)c1. The zero-order chi connectivity index (χ0) is 13.7. The van der Waals surface area contributed by atoms with Crippen LogP contribution in [0.5, 0.6) is 0 Å². The van der Waals surface area contributed by atoms with Gasteiger partial charge in [-0.15, -0.1) is 0 Å². The van der Waals surface area contributed by atoms with Crippen LogP contribution in [0.4, 0.5) is 0 Å². The second-order valence-corrected chi connectivity index (χ2v) is 5.51. The van der Waals surface area contributed by atoms with Gasteiger partial charge in [0.15, 0.2) is 0 Å². The first-order valence-electron chi connectivity index (χ1n) is 5.59. The molecule has 3 nitrogen and oxygen atoms in total. The molecular weight excluding hydrogens is 316 g/mol. The fraction of sp³-hybridized carbons (Fsp3) is 0.385. The van der Waals surface area contributed by atoms with Crippen LogP contribution < -0.4 is 0 Å². The number of nitriles is 1. The standard InChI is InChI=1S/C13H14BrClN2O/c1-9(2)17(5-3-4-16)13(18)10-6-11(14)8-12(15)7-10/h6-9H,3,5H2,1-2H3. The van der Waals surface area contributed by atoms with Crippen LogP contribution in [0.1, 0.15) is 30.6 Å². The molecule has 1 aromatic rings.